The molecule has 0 bridgehead atoms. The van der Waals surface area contributed by atoms with Crippen molar-refractivity contribution in [1.29, 1.82) is 0 Å². The van der Waals surface area contributed by atoms with Crippen molar-refractivity contribution in [2.45, 2.75) is 31.5 Å². The minimum atomic E-state index is -3.49. The Morgan fingerprint density at radius 3 is 2.72 bits per heavy atom. The third-order valence-electron chi connectivity index (χ3n) is 3.81. The molecule has 1 saturated heterocycles. The lowest BCUT2D eigenvalue weighted by molar-refractivity contribution is 0.159. The van der Waals surface area contributed by atoms with Crippen LogP contribution in [0.5, 0.6) is 0 Å². The van der Waals surface area contributed by atoms with E-state index in [1.165, 1.54) is 0 Å². The standard InChI is InChI=1S/C11H17N3O3S/c1-3-14-4-10(12-7(14)2)18(15,16)13-11-8-5-17-6-9(8)11/h4,8-9,11,13H,3,5-6H2,1-2H3/t8-,9+,11?. The maximum absolute atomic E-state index is 12.2. The first-order valence-electron chi connectivity index (χ1n) is 6.17. The van der Waals surface area contributed by atoms with Gasteiger partial charge in [0.1, 0.15) is 5.82 Å². The Morgan fingerprint density at radius 1 is 1.50 bits per heavy atom. The van der Waals surface area contributed by atoms with E-state index < -0.39 is 10.0 Å². The zero-order valence-electron chi connectivity index (χ0n) is 10.5. The topological polar surface area (TPSA) is 73.2 Å². The van der Waals surface area contributed by atoms with Crippen molar-refractivity contribution in [3.8, 4) is 0 Å². The minimum absolute atomic E-state index is 0.0378. The molecule has 1 aliphatic heterocycles. The molecular formula is C11H17N3O3S. The Balaban J connectivity index is 1.77. The highest BCUT2D eigenvalue weighted by atomic mass is 32.2. The van der Waals surface area contributed by atoms with Crippen LogP contribution in [0.1, 0.15) is 12.7 Å². The number of nitrogens with one attached hydrogen (secondary N) is 1. The second-order valence-corrected chi connectivity index (χ2v) is 6.59. The monoisotopic (exact) mass is 271 g/mol. The molecule has 0 radical (unpaired) electrons. The van der Waals surface area contributed by atoms with E-state index in [1.54, 1.807) is 6.20 Å². The van der Waals surface area contributed by atoms with E-state index in [-0.39, 0.29) is 11.1 Å². The summed E-state index contributed by atoms with van der Waals surface area (Å²) in [6.45, 7) is 5.82. The lowest BCUT2D eigenvalue weighted by Crippen LogP contribution is -2.30. The van der Waals surface area contributed by atoms with Gasteiger partial charge in [0, 0.05) is 30.6 Å². The van der Waals surface area contributed by atoms with Crippen molar-refractivity contribution >= 4 is 10.0 Å². The van der Waals surface area contributed by atoms with Crippen LogP contribution in [0.25, 0.3) is 0 Å². The Kier molecular flexibility index (Phi) is 2.72. The summed E-state index contributed by atoms with van der Waals surface area (Å²) in [6.07, 6.45) is 1.59. The van der Waals surface area contributed by atoms with E-state index in [1.807, 2.05) is 18.4 Å². The van der Waals surface area contributed by atoms with Gasteiger partial charge in [-0.05, 0) is 13.8 Å². The van der Waals surface area contributed by atoms with Crippen LogP contribution in [0.4, 0.5) is 0 Å². The highest BCUT2D eigenvalue weighted by Crippen LogP contribution is 2.44. The van der Waals surface area contributed by atoms with Crippen molar-refractivity contribution in [3.63, 3.8) is 0 Å². The first kappa shape index (κ1) is 12.1. The SMILES string of the molecule is CCn1cc(S(=O)(=O)NC2[C@H]3COC[C@@H]23)nc1C. The molecule has 6 nitrogen and oxygen atoms in total. The first-order chi connectivity index (χ1) is 8.53. The lowest BCUT2D eigenvalue weighted by Gasteiger charge is -2.06. The molecule has 100 valence electrons. The van der Waals surface area contributed by atoms with E-state index in [0.29, 0.717) is 25.0 Å². The summed E-state index contributed by atoms with van der Waals surface area (Å²) in [5.41, 5.74) is 0. The van der Waals surface area contributed by atoms with E-state index >= 15 is 0 Å². The number of nitrogens with zero attached hydrogens (tertiary/aromatic N) is 2. The van der Waals surface area contributed by atoms with E-state index in [2.05, 4.69) is 9.71 Å². The summed E-state index contributed by atoms with van der Waals surface area (Å²) in [5, 5.41) is 0.118. The molecule has 2 fully saturated rings. The summed E-state index contributed by atoms with van der Waals surface area (Å²) in [6, 6.07) is 0.0378. The van der Waals surface area contributed by atoms with Gasteiger partial charge in [-0.15, -0.1) is 0 Å². The second kappa shape index (κ2) is 4.04. The number of ether oxygens (including phenoxy) is 1. The van der Waals surface area contributed by atoms with Crippen LogP contribution in [0, 0.1) is 18.8 Å². The van der Waals surface area contributed by atoms with Gasteiger partial charge in [-0.3, -0.25) is 0 Å². The third-order valence-corrected chi connectivity index (χ3v) is 5.14. The van der Waals surface area contributed by atoms with Crippen LogP contribution in [-0.4, -0.2) is 37.2 Å². The number of imidazole rings is 1. The summed E-state index contributed by atoms with van der Waals surface area (Å²) < 4.78 is 34.1. The summed E-state index contributed by atoms with van der Waals surface area (Å²) in [7, 11) is -3.49. The van der Waals surface area contributed by atoms with Crippen molar-refractivity contribution in [3.05, 3.63) is 12.0 Å². The minimum Gasteiger partial charge on any atom is -0.381 e. The zero-order chi connectivity index (χ0) is 12.9. The summed E-state index contributed by atoms with van der Waals surface area (Å²) in [5.74, 6) is 1.43. The number of aromatic nitrogens is 2. The smallest absolute Gasteiger partial charge is 0.259 e. The van der Waals surface area contributed by atoms with Crippen LogP contribution >= 0.6 is 0 Å². The van der Waals surface area contributed by atoms with Gasteiger partial charge in [-0.2, -0.15) is 0 Å². The molecule has 1 aliphatic carbocycles. The maximum atomic E-state index is 12.2. The summed E-state index contributed by atoms with van der Waals surface area (Å²) >= 11 is 0. The van der Waals surface area contributed by atoms with Gasteiger partial charge >= 0.3 is 0 Å². The van der Waals surface area contributed by atoms with Crippen molar-refractivity contribution in [1.82, 2.24) is 14.3 Å². The van der Waals surface area contributed by atoms with Crippen LogP contribution in [0.3, 0.4) is 0 Å². The van der Waals surface area contributed by atoms with Crippen LogP contribution in [-0.2, 0) is 21.3 Å². The Labute approximate surface area is 106 Å². The average Bonchev–Trinajstić information content (AvgIpc) is 2.75. The Bertz CT molecular complexity index is 556. The first-order valence-corrected chi connectivity index (χ1v) is 7.65. The zero-order valence-corrected chi connectivity index (χ0v) is 11.3. The predicted molar refractivity (Wildman–Crippen MR) is 64.5 cm³/mol. The molecule has 1 unspecified atom stereocenters. The molecule has 0 amide bonds. The molecule has 1 saturated carbocycles. The fourth-order valence-electron chi connectivity index (χ4n) is 2.58. The Hall–Kier alpha value is -0.920. The van der Waals surface area contributed by atoms with Crippen LogP contribution in [0.15, 0.2) is 11.2 Å². The van der Waals surface area contributed by atoms with Gasteiger partial charge in [-0.25, -0.2) is 18.1 Å². The van der Waals surface area contributed by atoms with Crippen molar-refractivity contribution < 1.29 is 13.2 Å². The average molecular weight is 271 g/mol. The maximum Gasteiger partial charge on any atom is 0.259 e. The molecule has 1 N–H and O–H groups in total. The van der Waals surface area contributed by atoms with Gasteiger partial charge in [0.2, 0.25) is 0 Å². The van der Waals surface area contributed by atoms with Gasteiger partial charge < -0.3 is 9.30 Å². The predicted octanol–water partition coefficient (Wildman–Crippen LogP) is 0.135. The molecular weight excluding hydrogens is 254 g/mol. The normalized spacial score (nSPS) is 30.4. The molecule has 7 heteroatoms. The van der Waals surface area contributed by atoms with Gasteiger partial charge in [0.05, 0.1) is 13.2 Å². The van der Waals surface area contributed by atoms with Crippen molar-refractivity contribution in [2.24, 2.45) is 11.8 Å². The quantitative estimate of drug-likeness (QED) is 0.845. The molecule has 2 heterocycles. The number of hydrogen-bond acceptors (Lipinski definition) is 4. The van der Waals surface area contributed by atoms with E-state index in [4.69, 9.17) is 4.74 Å². The second-order valence-electron chi connectivity index (χ2n) is 4.92. The van der Waals surface area contributed by atoms with Crippen LogP contribution < -0.4 is 4.72 Å². The fourth-order valence-corrected chi connectivity index (χ4v) is 3.93. The van der Waals surface area contributed by atoms with Crippen molar-refractivity contribution in [2.75, 3.05) is 13.2 Å². The number of rotatable bonds is 4. The third kappa shape index (κ3) is 1.86. The molecule has 3 rings (SSSR count). The molecule has 3 atom stereocenters. The lowest BCUT2D eigenvalue weighted by atomic mass is 10.4. The molecule has 1 aromatic rings. The van der Waals surface area contributed by atoms with Gasteiger partial charge in [0.25, 0.3) is 10.0 Å². The number of sulfonamides is 1. The number of aryl methyl sites for hydroxylation is 2. The number of fused-ring (bicyclic) bond motifs is 1. The molecule has 2 aliphatic rings. The molecule has 0 aromatic carbocycles. The van der Waals surface area contributed by atoms with Gasteiger partial charge in [0.15, 0.2) is 5.03 Å². The highest BCUT2D eigenvalue weighted by Gasteiger charge is 2.55. The van der Waals surface area contributed by atoms with E-state index in [9.17, 15) is 8.42 Å². The fraction of sp³-hybridized carbons (Fsp3) is 0.727. The highest BCUT2D eigenvalue weighted by molar-refractivity contribution is 7.89. The molecule has 0 spiro atoms. The largest absolute Gasteiger partial charge is 0.381 e. The van der Waals surface area contributed by atoms with Gasteiger partial charge in [-0.1, -0.05) is 0 Å². The summed E-state index contributed by atoms with van der Waals surface area (Å²) in [4.78, 5) is 4.11. The van der Waals surface area contributed by atoms with Crippen LogP contribution in [0.2, 0.25) is 0 Å². The Morgan fingerprint density at radius 2 is 2.17 bits per heavy atom. The van der Waals surface area contributed by atoms with E-state index in [0.717, 1.165) is 12.4 Å². The molecule has 1 aromatic heterocycles. The number of hydrogen-bond donors (Lipinski definition) is 1. The molecule has 18 heavy (non-hydrogen) atoms.